The van der Waals surface area contributed by atoms with Crippen LogP contribution < -0.4 is 19.6 Å². The first-order valence-electron chi connectivity index (χ1n) is 11.9. The molecule has 0 unspecified atom stereocenters. The minimum absolute atomic E-state index is 0.231. The van der Waals surface area contributed by atoms with Gasteiger partial charge in [-0.05, 0) is 61.2 Å². The molecule has 0 amide bonds. The van der Waals surface area contributed by atoms with Gasteiger partial charge in [0.25, 0.3) is 5.56 Å². The van der Waals surface area contributed by atoms with Crippen molar-refractivity contribution < 1.29 is 18.7 Å². The van der Waals surface area contributed by atoms with Crippen molar-refractivity contribution in [3.05, 3.63) is 102 Å². The highest BCUT2D eigenvalue weighted by Crippen LogP contribution is 2.38. The molecule has 40 heavy (non-hydrogen) atoms. The van der Waals surface area contributed by atoms with E-state index in [-0.39, 0.29) is 11.1 Å². The number of esters is 1. The zero-order valence-electron chi connectivity index (χ0n) is 21.3. The van der Waals surface area contributed by atoms with Crippen LogP contribution in [-0.4, -0.2) is 29.7 Å². The minimum atomic E-state index is -0.846. The fourth-order valence-corrected chi connectivity index (χ4v) is 7.66. The number of fused-ring (bicyclic) bond motifs is 2. The van der Waals surface area contributed by atoms with Crippen LogP contribution in [0.25, 0.3) is 16.3 Å². The number of halogens is 1. The molecule has 1 aliphatic heterocycles. The van der Waals surface area contributed by atoms with Gasteiger partial charge < -0.3 is 13.9 Å². The van der Waals surface area contributed by atoms with Crippen molar-refractivity contribution in [2.45, 2.75) is 22.4 Å². The van der Waals surface area contributed by atoms with Crippen molar-refractivity contribution in [3.63, 3.8) is 0 Å². The van der Waals surface area contributed by atoms with E-state index < -0.39 is 12.0 Å². The van der Waals surface area contributed by atoms with E-state index in [0.717, 1.165) is 14.6 Å². The molecular formula is C28H20ClN3O5S3. The predicted molar refractivity (Wildman–Crippen MR) is 156 cm³/mol. The number of hydrogen-bond acceptors (Lipinski definition) is 10. The third-order valence-corrected chi connectivity index (χ3v) is 9.49. The lowest BCUT2D eigenvalue weighted by Gasteiger charge is -2.25. The highest BCUT2D eigenvalue weighted by atomic mass is 35.5. The summed E-state index contributed by atoms with van der Waals surface area (Å²) in [6, 6.07) is 15.8. The maximum Gasteiger partial charge on any atom is 0.338 e. The van der Waals surface area contributed by atoms with Crippen LogP contribution in [0.2, 0.25) is 5.02 Å². The number of para-hydroxylation sites is 1. The molecule has 0 spiro atoms. The van der Waals surface area contributed by atoms with Gasteiger partial charge in [-0.25, -0.2) is 14.8 Å². The van der Waals surface area contributed by atoms with Gasteiger partial charge in [0.2, 0.25) is 0 Å². The van der Waals surface area contributed by atoms with E-state index in [2.05, 4.69) is 9.98 Å². The zero-order chi connectivity index (χ0) is 28.0. The summed E-state index contributed by atoms with van der Waals surface area (Å²) >= 11 is 10.6. The Hall–Kier alpha value is -3.64. The zero-order valence-corrected chi connectivity index (χ0v) is 24.5. The van der Waals surface area contributed by atoms with E-state index in [1.165, 1.54) is 41.9 Å². The van der Waals surface area contributed by atoms with E-state index in [1.807, 2.05) is 30.3 Å². The summed E-state index contributed by atoms with van der Waals surface area (Å²) in [5, 5.41) is 1.09. The Labute approximate surface area is 244 Å². The van der Waals surface area contributed by atoms with Crippen LogP contribution in [0.1, 0.15) is 24.3 Å². The Kier molecular flexibility index (Phi) is 7.13. The molecule has 6 rings (SSSR count). The van der Waals surface area contributed by atoms with Crippen LogP contribution in [-0.2, 0) is 9.53 Å². The fraction of sp³-hybridized carbons (Fsp3) is 0.143. The number of benzene rings is 2. The minimum Gasteiger partial charge on any atom is -0.496 e. The second kappa shape index (κ2) is 10.7. The molecule has 1 aliphatic rings. The molecule has 0 bridgehead atoms. The monoisotopic (exact) mass is 609 g/mol. The Bertz CT molecular complexity index is 1970. The van der Waals surface area contributed by atoms with E-state index in [4.69, 9.17) is 25.5 Å². The van der Waals surface area contributed by atoms with Gasteiger partial charge in [-0.1, -0.05) is 35.1 Å². The highest BCUT2D eigenvalue weighted by molar-refractivity contribution is 8.01. The lowest BCUT2D eigenvalue weighted by atomic mass is 9.95. The molecule has 2 aromatic carbocycles. The van der Waals surface area contributed by atoms with Crippen LogP contribution in [0.5, 0.6) is 5.75 Å². The summed E-state index contributed by atoms with van der Waals surface area (Å²) in [4.78, 5) is 36.4. The number of nitrogens with zero attached hydrogens (tertiary/aromatic N) is 3. The molecule has 5 aromatic rings. The fourth-order valence-electron chi connectivity index (χ4n) is 4.48. The number of allylic oxidation sites excluding steroid dienone is 1. The summed E-state index contributed by atoms with van der Waals surface area (Å²) in [6.45, 7) is 1.71. The molecule has 0 saturated heterocycles. The second-order valence-electron chi connectivity index (χ2n) is 8.67. The molecule has 12 heteroatoms. The first-order chi connectivity index (χ1) is 19.4. The van der Waals surface area contributed by atoms with Gasteiger partial charge in [0.15, 0.2) is 14.2 Å². The molecule has 8 nitrogen and oxygen atoms in total. The maximum atomic E-state index is 13.8. The first-order valence-corrected chi connectivity index (χ1v) is 14.8. The largest absolute Gasteiger partial charge is 0.496 e. The predicted octanol–water partition coefficient (Wildman–Crippen LogP) is 5.42. The summed E-state index contributed by atoms with van der Waals surface area (Å²) in [5.74, 6) is 0.391. The molecule has 0 radical (unpaired) electrons. The van der Waals surface area contributed by atoms with E-state index in [1.54, 1.807) is 48.6 Å². The Morgan fingerprint density at radius 2 is 1.98 bits per heavy atom. The topological polar surface area (TPSA) is 95.9 Å². The lowest BCUT2D eigenvalue weighted by molar-refractivity contribution is -0.136. The molecule has 3 aromatic heterocycles. The van der Waals surface area contributed by atoms with Crippen LogP contribution >= 0.6 is 46.0 Å². The number of ether oxygens (including phenoxy) is 2. The van der Waals surface area contributed by atoms with Crippen molar-refractivity contribution in [1.82, 2.24) is 9.55 Å². The Morgan fingerprint density at radius 1 is 1.15 bits per heavy atom. The average Bonchev–Trinajstić information content (AvgIpc) is 3.65. The summed E-state index contributed by atoms with van der Waals surface area (Å²) < 4.78 is 20.5. The number of rotatable bonds is 6. The molecule has 0 fully saturated rings. The van der Waals surface area contributed by atoms with Gasteiger partial charge >= 0.3 is 5.97 Å². The first kappa shape index (κ1) is 26.6. The lowest BCUT2D eigenvalue weighted by Crippen LogP contribution is -2.40. The van der Waals surface area contributed by atoms with E-state index >= 15 is 0 Å². The Balaban J connectivity index is 1.43. The third-order valence-electron chi connectivity index (χ3n) is 6.25. The summed E-state index contributed by atoms with van der Waals surface area (Å²) in [5.41, 5.74) is 1.83. The van der Waals surface area contributed by atoms with Crippen molar-refractivity contribution in [2.75, 3.05) is 14.2 Å². The van der Waals surface area contributed by atoms with Crippen molar-refractivity contribution in [1.29, 1.82) is 0 Å². The van der Waals surface area contributed by atoms with Crippen LogP contribution in [0.4, 0.5) is 0 Å². The Morgan fingerprint density at radius 3 is 2.75 bits per heavy atom. The van der Waals surface area contributed by atoms with Crippen molar-refractivity contribution >= 4 is 68.3 Å². The second-order valence-corrected chi connectivity index (χ2v) is 12.4. The van der Waals surface area contributed by atoms with Crippen LogP contribution in [0.3, 0.4) is 0 Å². The van der Waals surface area contributed by atoms with Gasteiger partial charge in [-0.15, -0.1) is 11.3 Å². The van der Waals surface area contributed by atoms with Crippen molar-refractivity contribution in [3.8, 4) is 5.75 Å². The van der Waals surface area contributed by atoms with Gasteiger partial charge in [-0.2, -0.15) is 0 Å². The number of hydrogen-bond donors (Lipinski definition) is 0. The summed E-state index contributed by atoms with van der Waals surface area (Å²) in [7, 11) is 2.81. The SMILES string of the molecule is COC(=O)C1=C(C)N=c2s/c(=C\c3ccc(Sc4nc5ccccc5s4)o3)c(=O)n2[C@@H]1c1cc(Cl)ccc1OC. The van der Waals surface area contributed by atoms with Gasteiger partial charge in [0.05, 0.1) is 40.2 Å². The average molecular weight is 610 g/mol. The van der Waals surface area contributed by atoms with Crippen molar-refractivity contribution in [2.24, 2.45) is 4.99 Å². The number of carbonyl (C=O) groups excluding carboxylic acids is 1. The molecule has 0 saturated carbocycles. The number of aromatic nitrogens is 2. The molecule has 202 valence electrons. The number of furan rings is 1. The molecule has 0 N–H and O–H groups in total. The number of carbonyl (C=O) groups is 1. The standard InChI is InChI=1S/C28H20ClN3O5S3/c1-14-23(26(34)36-3)24(17-12-15(29)8-10-19(17)35-2)32-25(33)21(38-27(32)30-14)13-16-9-11-22(37-16)40-28-31-18-6-4-5-7-20(18)39-28/h4-13,24H,1-3H3/b21-13-/t24-/m1/s1. The normalized spacial score (nSPS) is 15.3. The number of methoxy groups -OCH3 is 2. The van der Waals surface area contributed by atoms with Crippen LogP contribution in [0, 0.1) is 0 Å². The molecule has 0 aliphatic carbocycles. The van der Waals surface area contributed by atoms with Gasteiger partial charge in [0, 0.05) is 16.7 Å². The summed E-state index contributed by atoms with van der Waals surface area (Å²) in [6.07, 6.45) is 1.68. The molecular weight excluding hydrogens is 590 g/mol. The van der Waals surface area contributed by atoms with Gasteiger partial charge in [0.1, 0.15) is 17.6 Å². The highest BCUT2D eigenvalue weighted by Gasteiger charge is 2.35. The quantitative estimate of drug-likeness (QED) is 0.237. The maximum absolute atomic E-state index is 13.8. The van der Waals surface area contributed by atoms with Crippen LogP contribution in [0.15, 0.2) is 89.5 Å². The van der Waals surface area contributed by atoms with E-state index in [9.17, 15) is 9.59 Å². The molecule has 1 atom stereocenters. The smallest absolute Gasteiger partial charge is 0.338 e. The third kappa shape index (κ3) is 4.79. The number of thiazole rings is 2. The molecule has 4 heterocycles. The van der Waals surface area contributed by atoms with Gasteiger partial charge in [-0.3, -0.25) is 9.36 Å². The van der Waals surface area contributed by atoms with E-state index in [0.29, 0.717) is 42.2 Å².